The quantitative estimate of drug-likeness (QED) is 0.661. The van der Waals surface area contributed by atoms with E-state index in [2.05, 4.69) is 10.00 Å². The highest BCUT2D eigenvalue weighted by Gasteiger charge is 2.30. The molecule has 0 saturated carbocycles. The van der Waals surface area contributed by atoms with Crippen molar-refractivity contribution in [2.24, 2.45) is 0 Å². The van der Waals surface area contributed by atoms with Gasteiger partial charge in [0.1, 0.15) is 6.04 Å². The third kappa shape index (κ3) is 3.99. The average molecular weight is 374 g/mol. The molecule has 3 aromatic rings. The molecule has 1 aliphatic heterocycles. The Morgan fingerprint density at radius 1 is 1.04 bits per heavy atom. The first kappa shape index (κ1) is 18.4. The smallest absolute Gasteiger partial charge is 0.244 e. The highest BCUT2D eigenvalue weighted by Crippen LogP contribution is 2.25. The molecule has 0 radical (unpaired) electrons. The van der Waals surface area contributed by atoms with Crippen LogP contribution in [-0.4, -0.2) is 45.6 Å². The third-order valence-corrected chi connectivity index (χ3v) is 5.30. The Bertz CT molecular complexity index is 901. The third-order valence-electron chi connectivity index (χ3n) is 5.30. The number of amides is 1. The van der Waals surface area contributed by atoms with Gasteiger partial charge in [0.15, 0.2) is 0 Å². The molecule has 1 atom stereocenters. The first-order chi connectivity index (χ1) is 13.7. The molecule has 28 heavy (non-hydrogen) atoms. The monoisotopic (exact) mass is 374 g/mol. The number of nitrogens with zero attached hydrogens (tertiary/aromatic N) is 4. The number of carbonyl (C=O) groups excluding carboxylic acids is 1. The fraction of sp³-hybridized carbons (Fsp3) is 0.304. The number of hydrogen-bond acceptors (Lipinski definition) is 3. The van der Waals surface area contributed by atoms with Gasteiger partial charge < -0.3 is 4.90 Å². The second-order valence-electron chi connectivity index (χ2n) is 7.39. The topological polar surface area (TPSA) is 41.4 Å². The van der Waals surface area contributed by atoms with Crippen LogP contribution in [0.25, 0.3) is 5.69 Å². The molecule has 4 rings (SSSR count). The molecule has 1 amide bonds. The summed E-state index contributed by atoms with van der Waals surface area (Å²) in [5.41, 5.74) is 3.16. The maximum Gasteiger partial charge on any atom is 0.244 e. The van der Waals surface area contributed by atoms with Crippen molar-refractivity contribution in [1.82, 2.24) is 19.6 Å². The summed E-state index contributed by atoms with van der Waals surface area (Å²) < 4.78 is 1.88. The van der Waals surface area contributed by atoms with Crippen LogP contribution in [-0.2, 0) is 11.3 Å². The zero-order chi connectivity index (χ0) is 19.3. The second kappa shape index (κ2) is 8.40. The Hall–Kier alpha value is -2.92. The highest BCUT2D eigenvalue weighted by atomic mass is 16.2. The van der Waals surface area contributed by atoms with Gasteiger partial charge in [-0.05, 0) is 37.6 Å². The van der Waals surface area contributed by atoms with E-state index in [1.165, 1.54) is 0 Å². The molecule has 2 heterocycles. The van der Waals surface area contributed by atoms with Crippen molar-refractivity contribution < 1.29 is 4.79 Å². The van der Waals surface area contributed by atoms with Crippen molar-refractivity contribution in [2.75, 3.05) is 20.1 Å². The molecule has 1 fully saturated rings. The standard InChI is InChI=1S/C23H26N4O/c1-25(17-19-16-24-27(18-19)21-12-6-3-7-13-21)22(20-10-4-2-5-11-20)23(28)26-14-8-9-15-26/h2-7,10-13,16,18,22H,8-9,14-15,17H2,1H3/t22-/m1/s1. The van der Waals surface area contributed by atoms with Crippen LogP contribution in [0.4, 0.5) is 0 Å². The van der Waals surface area contributed by atoms with E-state index in [0.29, 0.717) is 6.54 Å². The molecule has 1 aliphatic rings. The average Bonchev–Trinajstić information content (AvgIpc) is 3.42. The summed E-state index contributed by atoms with van der Waals surface area (Å²) in [5, 5.41) is 4.49. The molecule has 0 bridgehead atoms. The van der Waals surface area contributed by atoms with Crippen molar-refractivity contribution >= 4 is 5.91 Å². The molecule has 0 unspecified atom stereocenters. The Labute approximate surface area is 166 Å². The summed E-state index contributed by atoms with van der Waals surface area (Å²) in [7, 11) is 2.02. The predicted octanol–water partition coefficient (Wildman–Crippen LogP) is 3.67. The fourth-order valence-corrected chi connectivity index (χ4v) is 3.87. The second-order valence-corrected chi connectivity index (χ2v) is 7.39. The van der Waals surface area contributed by atoms with Crippen LogP contribution in [0.1, 0.15) is 30.0 Å². The van der Waals surface area contributed by atoms with Crippen LogP contribution < -0.4 is 0 Å². The van der Waals surface area contributed by atoms with Gasteiger partial charge in [0.2, 0.25) is 5.91 Å². The Kier molecular flexibility index (Phi) is 5.53. The Balaban J connectivity index is 1.55. The van der Waals surface area contributed by atoms with Gasteiger partial charge in [0.05, 0.1) is 11.9 Å². The van der Waals surface area contributed by atoms with Crippen LogP contribution in [0.5, 0.6) is 0 Å². The fourth-order valence-electron chi connectivity index (χ4n) is 3.87. The van der Waals surface area contributed by atoms with Gasteiger partial charge in [-0.3, -0.25) is 9.69 Å². The van der Waals surface area contributed by atoms with Crippen molar-refractivity contribution in [3.05, 3.63) is 84.2 Å². The molecule has 2 aromatic carbocycles. The van der Waals surface area contributed by atoms with Gasteiger partial charge >= 0.3 is 0 Å². The molecule has 0 aliphatic carbocycles. The maximum absolute atomic E-state index is 13.3. The lowest BCUT2D eigenvalue weighted by Gasteiger charge is -2.30. The number of likely N-dealkylation sites (tertiary alicyclic amines) is 1. The van der Waals surface area contributed by atoms with Crippen LogP contribution in [0, 0.1) is 0 Å². The first-order valence-electron chi connectivity index (χ1n) is 9.85. The maximum atomic E-state index is 13.3. The molecule has 5 heteroatoms. The minimum atomic E-state index is -0.278. The van der Waals surface area contributed by atoms with Gasteiger partial charge in [-0.15, -0.1) is 0 Å². The highest BCUT2D eigenvalue weighted by molar-refractivity contribution is 5.83. The number of hydrogen-bond donors (Lipinski definition) is 0. The zero-order valence-electron chi connectivity index (χ0n) is 16.2. The lowest BCUT2D eigenvalue weighted by molar-refractivity contribution is -0.136. The predicted molar refractivity (Wildman–Crippen MR) is 110 cm³/mol. The number of carbonyl (C=O) groups is 1. The largest absolute Gasteiger partial charge is 0.341 e. The van der Waals surface area contributed by atoms with E-state index in [1.54, 1.807) is 0 Å². The summed E-state index contributed by atoms with van der Waals surface area (Å²) in [6.07, 6.45) is 6.11. The normalized spacial score (nSPS) is 15.1. The molecule has 1 aromatic heterocycles. The number of likely N-dealkylation sites (N-methyl/N-ethyl adjacent to an activating group) is 1. The van der Waals surface area contributed by atoms with Crippen molar-refractivity contribution in [3.63, 3.8) is 0 Å². The van der Waals surface area contributed by atoms with Crippen molar-refractivity contribution in [2.45, 2.75) is 25.4 Å². The van der Waals surface area contributed by atoms with E-state index in [9.17, 15) is 4.79 Å². The van der Waals surface area contributed by atoms with Gasteiger partial charge in [-0.1, -0.05) is 48.5 Å². The SMILES string of the molecule is CN(Cc1cnn(-c2ccccc2)c1)[C@@H](C(=O)N1CCCC1)c1ccccc1. The number of benzene rings is 2. The summed E-state index contributed by atoms with van der Waals surface area (Å²) in [5.74, 6) is 0.196. The van der Waals surface area contributed by atoms with Gasteiger partial charge in [-0.2, -0.15) is 5.10 Å². The first-order valence-corrected chi connectivity index (χ1v) is 9.85. The molecule has 144 valence electrons. The molecule has 1 saturated heterocycles. The lowest BCUT2D eigenvalue weighted by atomic mass is 10.0. The molecular weight excluding hydrogens is 348 g/mol. The molecular formula is C23H26N4O. The Morgan fingerprint density at radius 2 is 1.68 bits per heavy atom. The van der Waals surface area contributed by atoms with E-state index in [1.807, 2.05) is 89.7 Å². The Morgan fingerprint density at radius 3 is 2.36 bits per heavy atom. The van der Waals surface area contributed by atoms with Crippen LogP contribution in [0.15, 0.2) is 73.1 Å². The molecule has 0 spiro atoms. The van der Waals surface area contributed by atoms with Crippen molar-refractivity contribution in [1.29, 1.82) is 0 Å². The van der Waals surface area contributed by atoms with Gasteiger partial charge in [0.25, 0.3) is 0 Å². The van der Waals surface area contributed by atoms with E-state index < -0.39 is 0 Å². The number of rotatable bonds is 6. The number of aromatic nitrogens is 2. The van der Waals surface area contributed by atoms with Crippen LogP contribution >= 0.6 is 0 Å². The summed E-state index contributed by atoms with van der Waals surface area (Å²) in [4.78, 5) is 17.4. The minimum Gasteiger partial charge on any atom is -0.341 e. The number of para-hydroxylation sites is 1. The van der Waals surface area contributed by atoms with E-state index in [-0.39, 0.29) is 11.9 Å². The minimum absolute atomic E-state index is 0.196. The van der Waals surface area contributed by atoms with Gasteiger partial charge in [0, 0.05) is 31.4 Å². The molecule has 0 N–H and O–H groups in total. The van der Waals surface area contributed by atoms with E-state index >= 15 is 0 Å². The zero-order valence-corrected chi connectivity index (χ0v) is 16.2. The lowest BCUT2D eigenvalue weighted by Crippen LogP contribution is -2.40. The van der Waals surface area contributed by atoms with Crippen LogP contribution in [0.2, 0.25) is 0 Å². The van der Waals surface area contributed by atoms with Gasteiger partial charge in [-0.25, -0.2) is 4.68 Å². The molecule has 5 nitrogen and oxygen atoms in total. The summed E-state index contributed by atoms with van der Waals surface area (Å²) >= 11 is 0. The van der Waals surface area contributed by atoms with E-state index in [4.69, 9.17) is 0 Å². The van der Waals surface area contributed by atoms with Crippen LogP contribution in [0.3, 0.4) is 0 Å². The van der Waals surface area contributed by atoms with E-state index in [0.717, 1.165) is 42.7 Å². The summed E-state index contributed by atoms with van der Waals surface area (Å²) in [6, 6.07) is 19.9. The summed E-state index contributed by atoms with van der Waals surface area (Å²) in [6.45, 7) is 2.38. The van der Waals surface area contributed by atoms with Crippen molar-refractivity contribution in [3.8, 4) is 5.69 Å².